The lowest BCUT2D eigenvalue weighted by molar-refractivity contribution is -0.384. The van der Waals surface area contributed by atoms with E-state index in [-0.39, 0.29) is 16.7 Å². The summed E-state index contributed by atoms with van der Waals surface area (Å²) in [6.07, 6.45) is 2.29. The topological polar surface area (TPSA) is 55.2 Å². The minimum atomic E-state index is -0.373. The van der Waals surface area contributed by atoms with E-state index in [4.69, 9.17) is 0 Å². The van der Waals surface area contributed by atoms with E-state index in [0.29, 0.717) is 6.04 Å². The zero-order chi connectivity index (χ0) is 12.8. The number of nitro groups is 1. The number of rotatable bonds is 6. The molecule has 2 atom stereocenters. The molecule has 17 heavy (non-hydrogen) atoms. The standard InChI is InChI=1S/C13H20N2O2/c1-4-5-10(2)14-11(3)12-6-8-13(9-7-12)15(16)17/h6-11,14H,4-5H2,1-3H3. The van der Waals surface area contributed by atoms with Crippen LogP contribution in [0.3, 0.4) is 0 Å². The maximum absolute atomic E-state index is 10.5. The van der Waals surface area contributed by atoms with E-state index in [1.165, 1.54) is 0 Å². The predicted molar refractivity (Wildman–Crippen MR) is 69.0 cm³/mol. The monoisotopic (exact) mass is 236 g/mol. The third-order valence-corrected chi connectivity index (χ3v) is 2.86. The molecule has 94 valence electrons. The van der Waals surface area contributed by atoms with Gasteiger partial charge in [-0.2, -0.15) is 0 Å². The second-order valence-electron chi connectivity index (χ2n) is 4.43. The number of nitro benzene ring substituents is 1. The van der Waals surface area contributed by atoms with Crippen molar-refractivity contribution in [1.82, 2.24) is 5.32 Å². The summed E-state index contributed by atoms with van der Waals surface area (Å²) in [5.41, 5.74) is 1.22. The Morgan fingerprint density at radius 1 is 1.29 bits per heavy atom. The van der Waals surface area contributed by atoms with Crippen molar-refractivity contribution in [2.75, 3.05) is 0 Å². The first-order valence-electron chi connectivity index (χ1n) is 6.05. The summed E-state index contributed by atoms with van der Waals surface area (Å²) < 4.78 is 0. The summed E-state index contributed by atoms with van der Waals surface area (Å²) in [4.78, 5) is 10.2. The van der Waals surface area contributed by atoms with Crippen molar-refractivity contribution in [3.63, 3.8) is 0 Å². The van der Waals surface area contributed by atoms with Crippen molar-refractivity contribution in [3.8, 4) is 0 Å². The highest BCUT2D eigenvalue weighted by Crippen LogP contribution is 2.18. The van der Waals surface area contributed by atoms with Gasteiger partial charge in [0, 0.05) is 24.2 Å². The molecule has 0 aliphatic heterocycles. The molecule has 0 aliphatic carbocycles. The molecule has 2 unspecified atom stereocenters. The average molecular weight is 236 g/mol. The van der Waals surface area contributed by atoms with E-state index in [9.17, 15) is 10.1 Å². The molecule has 1 N–H and O–H groups in total. The Labute approximate surface area is 102 Å². The quantitative estimate of drug-likeness (QED) is 0.608. The summed E-state index contributed by atoms with van der Waals surface area (Å²) in [5.74, 6) is 0. The molecule has 0 heterocycles. The van der Waals surface area contributed by atoms with Gasteiger partial charge in [0.05, 0.1) is 4.92 Å². The Bertz CT molecular complexity index is 362. The molecule has 0 saturated carbocycles. The van der Waals surface area contributed by atoms with Crippen LogP contribution in [0.15, 0.2) is 24.3 Å². The van der Waals surface area contributed by atoms with E-state index in [1.54, 1.807) is 12.1 Å². The molecular weight excluding hydrogens is 216 g/mol. The van der Waals surface area contributed by atoms with Crippen molar-refractivity contribution in [1.29, 1.82) is 0 Å². The molecule has 1 rings (SSSR count). The number of hydrogen-bond acceptors (Lipinski definition) is 3. The molecule has 1 aromatic rings. The first-order chi connectivity index (χ1) is 8.04. The van der Waals surface area contributed by atoms with Crippen LogP contribution in [0.4, 0.5) is 5.69 Å². The van der Waals surface area contributed by atoms with E-state index in [0.717, 1.165) is 18.4 Å². The Morgan fingerprint density at radius 2 is 1.88 bits per heavy atom. The smallest absolute Gasteiger partial charge is 0.269 e. The molecule has 0 saturated heterocycles. The highest BCUT2D eigenvalue weighted by atomic mass is 16.6. The second kappa shape index (κ2) is 6.35. The van der Waals surface area contributed by atoms with Gasteiger partial charge in [-0.1, -0.05) is 25.5 Å². The number of nitrogens with zero attached hydrogens (tertiary/aromatic N) is 1. The lowest BCUT2D eigenvalue weighted by Gasteiger charge is -2.19. The van der Waals surface area contributed by atoms with Crippen LogP contribution in [0, 0.1) is 10.1 Å². The van der Waals surface area contributed by atoms with Gasteiger partial charge >= 0.3 is 0 Å². The van der Waals surface area contributed by atoms with Crippen molar-refractivity contribution in [3.05, 3.63) is 39.9 Å². The van der Waals surface area contributed by atoms with Crippen LogP contribution in [0.2, 0.25) is 0 Å². The molecule has 1 aromatic carbocycles. The van der Waals surface area contributed by atoms with Crippen LogP contribution < -0.4 is 5.32 Å². The zero-order valence-corrected chi connectivity index (χ0v) is 10.6. The van der Waals surface area contributed by atoms with Crippen LogP contribution in [0.5, 0.6) is 0 Å². The fourth-order valence-electron chi connectivity index (χ4n) is 1.92. The summed E-state index contributed by atoms with van der Waals surface area (Å²) in [5, 5.41) is 14.0. The lowest BCUT2D eigenvalue weighted by atomic mass is 10.1. The van der Waals surface area contributed by atoms with Gasteiger partial charge < -0.3 is 5.32 Å². The largest absolute Gasteiger partial charge is 0.308 e. The minimum Gasteiger partial charge on any atom is -0.308 e. The number of nitrogens with one attached hydrogen (secondary N) is 1. The average Bonchev–Trinajstić information content (AvgIpc) is 2.29. The van der Waals surface area contributed by atoms with Gasteiger partial charge in [0.1, 0.15) is 0 Å². The summed E-state index contributed by atoms with van der Waals surface area (Å²) in [7, 11) is 0. The van der Waals surface area contributed by atoms with Crippen LogP contribution >= 0.6 is 0 Å². The van der Waals surface area contributed by atoms with Crippen molar-refractivity contribution in [2.24, 2.45) is 0 Å². The van der Waals surface area contributed by atoms with Crippen molar-refractivity contribution < 1.29 is 4.92 Å². The molecule has 0 radical (unpaired) electrons. The molecule has 0 bridgehead atoms. The van der Waals surface area contributed by atoms with E-state index < -0.39 is 0 Å². The van der Waals surface area contributed by atoms with Gasteiger partial charge in [-0.05, 0) is 25.8 Å². The van der Waals surface area contributed by atoms with E-state index in [1.807, 2.05) is 12.1 Å². The molecule has 4 nitrogen and oxygen atoms in total. The summed E-state index contributed by atoms with van der Waals surface area (Å²) in [6.45, 7) is 6.40. The van der Waals surface area contributed by atoms with E-state index >= 15 is 0 Å². The van der Waals surface area contributed by atoms with Gasteiger partial charge in [0.25, 0.3) is 5.69 Å². The summed E-state index contributed by atoms with van der Waals surface area (Å²) >= 11 is 0. The van der Waals surface area contributed by atoms with Crippen molar-refractivity contribution >= 4 is 5.69 Å². The fourth-order valence-corrected chi connectivity index (χ4v) is 1.92. The number of hydrogen-bond donors (Lipinski definition) is 1. The van der Waals surface area contributed by atoms with Gasteiger partial charge in [-0.25, -0.2) is 0 Å². The normalized spacial score (nSPS) is 14.3. The molecule has 0 fully saturated rings. The Hall–Kier alpha value is -1.42. The first kappa shape index (κ1) is 13.6. The molecule has 4 heteroatoms. The summed E-state index contributed by atoms with van der Waals surface area (Å²) in [6, 6.07) is 7.42. The molecule has 0 aliphatic rings. The number of benzene rings is 1. The van der Waals surface area contributed by atoms with Gasteiger partial charge in [-0.3, -0.25) is 10.1 Å². The SMILES string of the molecule is CCCC(C)NC(C)c1ccc([N+](=O)[O-])cc1. The van der Waals surface area contributed by atoms with Crippen LogP contribution in [0.1, 0.15) is 45.2 Å². The molecule has 0 aromatic heterocycles. The number of non-ortho nitro benzene ring substituents is 1. The van der Waals surface area contributed by atoms with E-state index in [2.05, 4.69) is 26.1 Å². The maximum atomic E-state index is 10.5. The highest BCUT2D eigenvalue weighted by molar-refractivity contribution is 5.34. The fraction of sp³-hybridized carbons (Fsp3) is 0.538. The molecule has 0 spiro atoms. The van der Waals surface area contributed by atoms with Crippen LogP contribution in [0.25, 0.3) is 0 Å². The minimum absolute atomic E-state index is 0.141. The predicted octanol–water partition coefficient (Wildman–Crippen LogP) is 3.43. The zero-order valence-electron chi connectivity index (χ0n) is 10.6. The maximum Gasteiger partial charge on any atom is 0.269 e. The second-order valence-corrected chi connectivity index (χ2v) is 4.43. The first-order valence-corrected chi connectivity index (χ1v) is 6.05. The van der Waals surface area contributed by atoms with Crippen LogP contribution in [-0.2, 0) is 0 Å². The Balaban J connectivity index is 2.63. The van der Waals surface area contributed by atoms with Gasteiger partial charge in [0.2, 0.25) is 0 Å². The Kier molecular flexibility index (Phi) is 5.10. The van der Waals surface area contributed by atoms with Crippen LogP contribution in [-0.4, -0.2) is 11.0 Å². The highest BCUT2D eigenvalue weighted by Gasteiger charge is 2.10. The van der Waals surface area contributed by atoms with Gasteiger partial charge in [0.15, 0.2) is 0 Å². The third-order valence-electron chi connectivity index (χ3n) is 2.86. The molecule has 0 amide bonds. The third kappa shape index (κ3) is 4.15. The lowest BCUT2D eigenvalue weighted by Crippen LogP contribution is -2.28. The van der Waals surface area contributed by atoms with Gasteiger partial charge in [-0.15, -0.1) is 0 Å². The molecular formula is C13H20N2O2. The van der Waals surface area contributed by atoms with Crippen molar-refractivity contribution in [2.45, 2.75) is 45.7 Å². The Morgan fingerprint density at radius 3 is 2.35 bits per heavy atom.